The number of hydrogen-bond acceptors (Lipinski definition) is 4. The van der Waals surface area contributed by atoms with Crippen LogP contribution in [0.4, 0.5) is 0 Å². The summed E-state index contributed by atoms with van der Waals surface area (Å²) in [5.74, 6) is -0.722. The van der Waals surface area contributed by atoms with E-state index in [4.69, 9.17) is 0 Å². The molecule has 0 saturated heterocycles. The molecule has 2 aliphatic carbocycles. The van der Waals surface area contributed by atoms with Gasteiger partial charge in [0.2, 0.25) is 0 Å². The average Bonchev–Trinajstić information content (AvgIpc) is 2.38. The van der Waals surface area contributed by atoms with Crippen molar-refractivity contribution in [3.63, 3.8) is 0 Å². The molecule has 2 rings (SSSR count). The van der Waals surface area contributed by atoms with Crippen LogP contribution < -0.4 is 0 Å². The molecule has 0 saturated carbocycles. The fraction of sp³-hybridized carbons (Fsp3) is 0.200. The molecule has 4 heteroatoms. The van der Waals surface area contributed by atoms with Crippen LogP contribution in [0.3, 0.4) is 0 Å². The molecule has 0 amide bonds. The molecule has 0 heterocycles. The Kier molecular flexibility index (Phi) is 3.80. The molecule has 0 radical (unpaired) electrons. The van der Waals surface area contributed by atoms with Crippen molar-refractivity contribution in [1.29, 1.82) is 0 Å². The van der Waals surface area contributed by atoms with Crippen LogP contribution in [0.2, 0.25) is 0 Å². The predicted molar refractivity (Wildman–Crippen MR) is 68.3 cm³/mol. The molecule has 4 nitrogen and oxygen atoms in total. The van der Waals surface area contributed by atoms with Gasteiger partial charge in [0.15, 0.2) is 23.1 Å². The van der Waals surface area contributed by atoms with Crippen molar-refractivity contribution in [2.75, 3.05) is 0 Å². The van der Waals surface area contributed by atoms with Gasteiger partial charge >= 0.3 is 0 Å². The molecule has 19 heavy (non-hydrogen) atoms. The first-order valence-corrected chi connectivity index (χ1v) is 6.00. The summed E-state index contributed by atoms with van der Waals surface area (Å²) < 4.78 is 0. The third-order valence-corrected chi connectivity index (χ3v) is 2.96. The molecule has 0 aromatic heterocycles. The van der Waals surface area contributed by atoms with E-state index in [1.165, 1.54) is 36.5 Å². The smallest absolute Gasteiger partial charge is 0.182 e. The molecule has 0 aromatic carbocycles. The number of rotatable bonds is 4. The first kappa shape index (κ1) is 13.1. The zero-order valence-electron chi connectivity index (χ0n) is 10.2. The Hall–Kier alpha value is -2.36. The van der Waals surface area contributed by atoms with Crippen molar-refractivity contribution in [2.24, 2.45) is 0 Å². The third kappa shape index (κ3) is 3.31. The number of carbonyl (C=O) groups is 4. The second-order valence-electron chi connectivity index (χ2n) is 4.39. The normalized spacial score (nSPS) is 18.7. The molecule has 0 atom stereocenters. The Morgan fingerprint density at radius 3 is 1.47 bits per heavy atom. The Labute approximate surface area is 110 Å². The summed E-state index contributed by atoms with van der Waals surface area (Å²) in [4.78, 5) is 45.3. The summed E-state index contributed by atoms with van der Waals surface area (Å²) in [6.45, 7) is 0. The summed E-state index contributed by atoms with van der Waals surface area (Å²) in [6, 6.07) is 0. The maximum atomic E-state index is 11.5. The number of hydrogen-bond donors (Lipinski definition) is 0. The summed E-state index contributed by atoms with van der Waals surface area (Å²) in [6.07, 6.45) is 9.05. The topological polar surface area (TPSA) is 68.3 Å². The molecule has 0 fully saturated rings. The van der Waals surface area contributed by atoms with Crippen molar-refractivity contribution in [2.45, 2.75) is 19.3 Å². The van der Waals surface area contributed by atoms with Crippen LogP contribution in [-0.4, -0.2) is 23.1 Å². The van der Waals surface area contributed by atoms with Gasteiger partial charge in [-0.15, -0.1) is 0 Å². The maximum absolute atomic E-state index is 11.5. The van der Waals surface area contributed by atoms with Crippen LogP contribution in [0.15, 0.2) is 47.6 Å². The fourth-order valence-corrected chi connectivity index (χ4v) is 1.97. The van der Waals surface area contributed by atoms with E-state index in [2.05, 4.69) is 0 Å². The van der Waals surface area contributed by atoms with Gasteiger partial charge in [0, 0.05) is 11.1 Å². The van der Waals surface area contributed by atoms with Gasteiger partial charge in [0.25, 0.3) is 0 Å². The molecular weight excluding hydrogens is 244 g/mol. The number of allylic oxidation sites excluding steroid dienone is 8. The van der Waals surface area contributed by atoms with E-state index in [-0.39, 0.29) is 23.1 Å². The second-order valence-corrected chi connectivity index (χ2v) is 4.39. The summed E-state index contributed by atoms with van der Waals surface area (Å²) in [5, 5.41) is 0. The van der Waals surface area contributed by atoms with Crippen LogP contribution in [-0.2, 0) is 19.2 Å². The minimum Gasteiger partial charge on any atom is -0.290 e. The molecule has 2 aliphatic rings. The van der Waals surface area contributed by atoms with E-state index < -0.39 is 0 Å². The highest BCUT2D eigenvalue weighted by atomic mass is 16.1. The van der Waals surface area contributed by atoms with Crippen molar-refractivity contribution < 1.29 is 19.2 Å². The molecule has 0 spiro atoms. The van der Waals surface area contributed by atoms with Crippen molar-refractivity contribution in [3.8, 4) is 0 Å². The molecule has 0 unspecified atom stereocenters. The fourth-order valence-electron chi connectivity index (χ4n) is 1.97. The van der Waals surface area contributed by atoms with Crippen LogP contribution in [0.5, 0.6) is 0 Å². The SMILES string of the molecule is O=C1C=CC(=O)C(CCCC2=CC(=O)C=CC2=O)=C1. The van der Waals surface area contributed by atoms with Crippen molar-refractivity contribution in [3.05, 3.63) is 47.6 Å². The minimum atomic E-state index is -0.194. The largest absolute Gasteiger partial charge is 0.290 e. The number of carbonyl (C=O) groups excluding carboxylic acids is 4. The summed E-state index contributed by atoms with van der Waals surface area (Å²) in [5.41, 5.74) is 0.913. The highest BCUT2D eigenvalue weighted by Gasteiger charge is 2.15. The van der Waals surface area contributed by atoms with E-state index in [0.717, 1.165) is 0 Å². The minimum absolute atomic E-state index is 0.167. The highest BCUT2D eigenvalue weighted by Crippen LogP contribution is 2.18. The molecular formula is C15H12O4. The average molecular weight is 256 g/mol. The Morgan fingerprint density at radius 2 is 1.05 bits per heavy atom. The quantitative estimate of drug-likeness (QED) is 0.713. The Morgan fingerprint density at radius 1 is 0.632 bits per heavy atom. The van der Waals surface area contributed by atoms with E-state index >= 15 is 0 Å². The van der Waals surface area contributed by atoms with Crippen molar-refractivity contribution in [1.82, 2.24) is 0 Å². The van der Waals surface area contributed by atoms with Gasteiger partial charge in [-0.05, 0) is 55.7 Å². The molecule has 96 valence electrons. The lowest BCUT2D eigenvalue weighted by molar-refractivity contribution is -0.114. The van der Waals surface area contributed by atoms with Gasteiger partial charge < -0.3 is 0 Å². The standard InChI is InChI=1S/C15H12O4/c16-12-4-6-14(18)10(8-12)2-1-3-11-9-13(17)5-7-15(11)19/h4-9H,1-3H2. The lowest BCUT2D eigenvalue weighted by Gasteiger charge is -2.09. The number of ketones is 4. The van der Waals surface area contributed by atoms with Gasteiger partial charge in [-0.25, -0.2) is 0 Å². The zero-order chi connectivity index (χ0) is 13.8. The first-order valence-electron chi connectivity index (χ1n) is 6.00. The molecule has 0 N–H and O–H groups in total. The predicted octanol–water partition coefficient (Wildman–Crippen LogP) is 1.43. The lowest BCUT2D eigenvalue weighted by Crippen LogP contribution is -2.09. The maximum Gasteiger partial charge on any atom is 0.182 e. The second kappa shape index (κ2) is 5.52. The van der Waals surface area contributed by atoms with Gasteiger partial charge in [0.1, 0.15) is 0 Å². The summed E-state index contributed by atoms with van der Waals surface area (Å²) in [7, 11) is 0. The molecule has 0 aliphatic heterocycles. The molecule has 0 bridgehead atoms. The summed E-state index contributed by atoms with van der Waals surface area (Å²) >= 11 is 0. The van der Waals surface area contributed by atoms with Gasteiger partial charge in [-0.1, -0.05) is 0 Å². The van der Waals surface area contributed by atoms with Gasteiger partial charge in [0.05, 0.1) is 0 Å². The van der Waals surface area contributed by atoms with E-state index in [1.54, 1.807) is 0 Å². The Balaban J connectivity index is 1.91. The monoisotopic (exact) mass is 256 g/mol. The first-order chi connectivity index (χ1) is 9.06. The highest BCUT2D eigenvalue weighted by molar-refractivity contribution is 6.18. The zero-order valence-corrected chi connectivity index (χ0v) is 10.2. The van der Waals surface area contributed by atoms with Crippen LogP contribution in [0.25, 0.3) is 0 Å². The van der Waals surface area contributed by atoms with Crippen LogP contribution in [0.1, 0.15) is 19.3 Å². The van der Waals surface area contributed by atoms with Crippen molar-refractivity contribution >= 4 is 23.1 Å². The van der Waals surface area contributed by atoms with E-state index in [0.29, 0.717) is 30.4 Å². The van der Waals surface area contributed by atoms with Gasteiger partial charge in [-0.2, -0.15) is 0 Å². The van der Waals surface area contributed by atoms with Crippen LogP contribution in [0, 0.1) is 0 Å². The van der Waals surface area contributed by atoms with Crippen LogP contribution >= 0.6 is 0 Å². The lowest BCUT2D eigenvalue weighted by atomic mass is 9.94. The van der Waals surface area contributed by atoms with E-state index in [1.807, 2.05) is 0 Å². The molecule has 0 aromatic rings. The third-order valence-electron chi connectivity index (χ3n) is 2.96. The van der Waals surface area contributed by atoms with E-state index in [9.17, 15) is 19.2 Å². The Bertz CT molecular complexity index is 533. The van der Waals surface area contributed by atoms with Gasteiger partial charge in [-0.3, -0.25) is 19.2 Å².